The molecule has 2 fully saturated rings. The van der Waals surface area contributed by atoms with Gasteiger partial charge in [-0.1, -0.05) is 6.92 Å². The van der Waals surface area contributed by atoms with Gasteiger partial charge in [-0.3, -0.25) is 9.48 Å². The number of amides is 1. The molecule has 0 saturated carbocycles. The molecule has 6 heterocycles. The number of imidazole rings is 1. The molecule has 0 atom stereocenters. The molecule has 1 aromatic carbocycles. The van der Waals surface area contributed by atoms with Crippen molar-refractivity contribution in [3.63, 3.8) is 0 Å². The maximum Gasteiger partial charge on any atom is 0.257 e. The number of anilines is 2. The van der Waals surface area contributed by atoms with E-state index in [1.54, 1.807) is 41.2 Å². The highest BCUT2D eigenvalue weighted by molar-refractivity contribution is 6.04. The molecule has 12 heteroatoms. The highest BCUT2D eigenvalue weighted by Crippen LogP contribution is 2.40. The average Bonchev–Trinajstić information content (AvgIpc) is 3.65. The second kappa shape index (κ2) is 13.0. The zero-order chi connectivity index (χ0) is 31.6. The second-order valence-corrected chi connectivity index (χ2v) is 12.0. The van der Waals surface area contributed by atoms with Crippen LogP contribution < -0.4 is 10.2 Å². The third-order valence-electron chi connectivity index (χ3n) is 8.88. The zero-order valence-electron chi connectivity index (χ0n) is 26.2. The molecule has 0 unspecified atom stereocenters. The molecule has 4 aromatic heterocycles. The van der Waals surface area contributed by atoms with Crippen molar-refractivity contribution < 1.29 is 13.9 Å². The van der Waals surface area contributed by atoms with Gasteiger partial charge in [0.1, 0.15) is 17.3 Å². The van der Waals surface area contributed by atoms with Gasteiger partial charge in [-0.2, -0.15) is 10.2 Å². The monoisotopic (exact) mass is 623 g/mol. The predicted octanol–water partition coefficient (Wildman–Crippen LogP) is 5.01. The number of ether oxygens (including phenoxy) is 1. The van der Waals surface area contributed by atoms with Crippen molar-refractivity contribution in [3.05, 3.63) is 78.0 Å². The topological polar surface area (TPSA) is 106 Å². The first-order valence-corrected chi connectivity index (χ1v) is 16.0. The molecule has 1 amide bonds. The van der Waals surface area contributed by atoms with Gasteiger partial charge < -0.3 is 19.9 Å². The van der Waals surface area contributed by atoms with Gasteiger partial charge in [-0.25, -0.2) is 18.9 Å². The van der Waals surface area contributed by atoms with Crippen LogP contribution in [-0.2, 0) is 11.8 Å². The molecule has 0 spiro atoms. The lowest BCUT2D eigenvalue weighted by Gasteiger charge is -2.32. The van der Waals surface area contributed by atoms with Crippen LogP contribution in [0.25, 0.3) is 28.2 Å². The number of morpholine rings is 1. The van der Waals surface area contributed by atoms with Crippen molar-refractivity contribution in [3.8, 4) is 22.5 Å². The third-order valence-corrected chi connectivity index (χ3v) is 8.88. The van der Waals surface area contributed by atoms with E-state index >= 15 is 0 Å². The largest absolute Gasteiger partial charge is 0.378 e. The van der Waals surface area contributed by atoms with Crippen molar-refractivity contribution >= 4 is 23.2 Å². The van der Waals surface area contributed by atoms with E-state index < -0.39 is 0 Å². The number of halogens is 1. The second-order valence-electron chi connectivity index (χ2n) is 12.0. The molecular weight excluding hydrogens is 585 g/mol. The number of hydrogen-bond donors (Lipinski definition) is 1. The fourth-order valence-corrected chi connectivity index (χ4v) is 6.60. The van der Waals surface area contributed by atoms with Gasteiger partial charge >= 0.3 is 0 Å². The Hall–Kier alpha value is -4.68. The minimum atomic E-state index is -0.290. The van der Waals surface area contributed by atoms with Crippen LogP contribution in [-0.4, -0.2) is 86.1 Å². The summed E-state index contributed by atoms with van der Waals surface area (Å²) in [6, 6.07) is 13.8. The summed E-state index contributed by atoms with van der Waals surface area (Å²) in [6.07, 6.45) is 6.57. The number of aryl methyl sites for hydroxylation is 1. The van der Waals surface area contributed by atoms with Crippen LogP contribution in [0.1, 0.15) is 48.2 Å². The molecular formula is C34H38FN9O2. The number of carbonyl (C=O) groups is 1. The number of piperidine rings is 1. The van der Waals surface area contributed by atoms with Crippen LogP contribution in [0.2, 0.25) is 0 Å². The molecule has 2 aliphatic heterocycles. The van der Waals surface area contributed by atoms with Crippen molar-refractivity contribution in [2.75, 3.05) is 56.2 Å². The molecule has 0 radical (unpaired) electrons. The maximum atomic E-state index is 13.9. The van der Waals surface area contributed by atoms with E-state index in [0.29, 0.717) is 36.2 Å². The minimum Gasteiger partial charge on any atom is -0.378 e. The zero-order valence-corrected chi connectivity index (χ0v) is 26.2. The fourth-order valence-electron chi connectivity index (χ4n) is 6.60. The number of aromatic nitrogens is 6. The predicted molar refractivity (Wildman–Crippen MR) is 175 cm³/mol. The smallest absolute Gasteiger partial charge is 0.257 e. The molecule has 7 rings (SSSR count). The molecule has 238 valence electrons. The van der Waals surface area contributed by atoms with Gasteiger partial charge in [0.05, 0.1) is 36.4 Å². The van der Waals surface area contributed by atoms with Crippen molar-refractivity contribution in [2.24, 2.45) is 7.05 Å². The molecule has 5 aromatic rings. The number of rotatable bonds is 8. The summed E-state index contributed by atoms with van der Waals surface area (Å²) in [6.45, 7) is 8.15. The molecule has 2 aliphatic rings. The number of nitrogens with zero attached hydrogens (tertiary/aromatic N) is 8. The summed E-state index contributed by atoms with van der Waals surface area (Å²) < 4.78 is 23.0. The molecule has 2 saturated heterocycles. The average molecular weight is 624 g/mol. The number of pyridine rings is 1. The van der Waals surface area contributed by atoms with Gasteiger partial charge in [0.15, 0.2) is 11.5 Å². The van der Waals surface area contributed by atoms with E-state index in [1.807, 2.05) is 23.9 Å². The van der Waals surface area contributed by atoms with Crippen LogP contribution in [0.5, 0.6) is 0 Å². The maximum absolute atomic E-state index is 13.9. The van der Waals surface area contributed by atoms with Crippen LogP contribution in [0, 0.1) is 5.82 Å². The Labute approximate surface area is 267 Å². The van der Waals surface area contributed by atoms with Gasteiger partial charge in [0.2, 0.25) is 0 Å². The van der Waals surface area contributed by atoms with Crippen LogP contribution in [0.3, 0.4) is 0 Å². The lowest BCUT2D eigenvalue weighted by Crippen LogP contribution is -2.36. The highest BCUT2D eigenvalue weighted by Gasteiger charge is 2.29. The van der Waals surface area contributed by atoms with Crippen molar-refractivity contribution in [2.45, 2.75) is 32.1 Å². The Morgan fingerprint density at radius 1 is 1.02 bits per heavy atom. The first kappa shape index (κ1) is 30.0. The Bertz CT molecular complexity index is 1840. The first-order valence-electron chi connectivity index (χ1n) is 16.0. The summed E-state index contributed by atoms with van der Waals surface area (Å²) in [4.78, 5) is 26.9. The Kier molecular flexibility index (Phi) is 8.46. The van der Waals surface area contributed by atoms with Crippen LogP contribution >= 0.6 is 0 Å². The summed E-state index contributed by atoms with van der Waals surface area (Å²) in [7, 11) is 1.98. The van der Waals surface area contributed by atoms with E-state index in [0.717, 1.165) is 86.0 Å². The fraction of sp³-hybridized carbons (Fsp3) is 0.382. The SMILES string of the molecule is CCCN1CCC(c2c(-c3ccc4nc(NC(=O)c5ccnc(N6CCOCC6)c5)cn4n3)c(-c3ccc(F)cc3)nn2C)CC1. The summed E-state index contributed by atoms with van der Waals surface area (Å²) in [5.74, 6) is 0.891. The van der Waals surface area contributed by atoms with Crippen LogP contribution in [0.4, 0.5) is 16.0 Å². The van der Waals surface area contributed by atoms with Gasteiger partial charge in [0.25, 0.3) is 5.91 Å². The number of nitrogens with one attached hydrogen (secondary N) is 1. The quantitative estimate of drug-likeness (QED) is 0.257. The number of hydrogen-bond acceptors (Lipinski definition) is 8. The van der Waals surface area contributed by atoms with Gasteiger partial charge in [-0.15, -0.1) is 0 Å². The number of carbonyl (C=O) groups excluding carboxylic acids is 1. The summed E-state index contributed by atoms with van der Waals surface area (Å²) in [5, 5.41) is 12.9. The first-order chi connectivity index (χ1) is 22.5. The van der Waals surface area contributed by atoms with E-state index in [-0.39, 0.29) is 11.7 Å². The summed E-state index contributed by atoms with van der Waals surface area (Å²) >= 11 is 0. The van der Waals surface area contributed by atoms with Crippen molar-refractivity contribution in [1.82, 2.24) is 34.3 Å². The molecule has 1 N–H and O–H groups in total. The summed E-state index contributed by atoms with van der Waals surface area (Å²) in [5.41, 5.74) is 5.51. The van der Waals surface area contributed by atoms with Gasteiger partial charge in [-0.05, 0) is 87.4 Å². The standard InChI is InChI=1S/C34H38FN9O2/c1-3-14-42-15-11-24(12-16-42)33-31(32(40-41(33)2)23-4-6-26(35)7-5-23)27-8-9-29-37-28(22-44(29)39-27)38-34(45)25-10-13-36-30(21-25)43-17-19-46-20-18-43/h4-10,13,21-22,24H,3,11-12,14-20H2,1-2H3,(H,38,45). The van der Waals surface area contributed by atoms with E-state index in [2.05, 4.69) is 32.0 Å². The molecule has 46 heavy (non-hydrogen) atoms. The molecule has 11 nitrogen and oxygen atoms in total. The van der Waals surface area contributed by atoms with E-state index in [9.17, 15) is 9.18 Å². The normalized spacial score (nSPS) is 16.3. The Balaban J connectivity index is 1.20. The number of likely N-dealkylation sites (tertiary alicyclic amines) is 1. The lowest BCUT2D eigenvalue weighted by molar-refractivity contribution is 0.102. The molecule has 0 aliphatic carbocycles. The highest BCUT2D eigenvalue weighted by atomic mass is 19.1. The Morgan fingerprint density at radius 2 is 1.80 bits per heavy atom. The third kappa shape index (κ3) is 6.10. The Morgan fingerprint density at radius 3 is 2.57 bits per heavy atom. The molecule has 0 bridgehead atoms. The number of fused-ring (bicyclic) bond motifs is 1. The lowest BCUT2D eigenvalue weighted by atomic mass is 9.88. The van der Waals surface area contributed by atoms with Crippen LogP contribution in [0.15, 0.2) is 60.9 Å². The number of benzene rings is 1. The minimum absolute atomic E-state index is 0.275. The van der Waals surface area contributed by atoms with Gasteiger partial charge in [0, 0.05) is 43.4 Å². The van der Waals surface area contributed by atoms with E-state index in [4.69, 9.17) is 14.9 Å². The van der Waals surface area contributed by atoms with Crippen molar-refractivity contribution in [1.29, 1.82) is 0 Å². The van der Waals surface area contributed by atoms with E-state index in [1.165, 1.54) is 12.1 Å².